The van der Waals surface area contributed by atoms with Gasteiger partial charge in [0, 0.05) is 6.61 Å². The van der Waals surface area contributed by atoms with Gasteiger partial charge in [0.25, 0.3) is 0 Å². The molecular weight excluding hydrogens is 234 g/mol. The summed E-state index contributed by atoms with van der Waals surface area (Å²) in [4.78, 5) is 0. The van der Waals surface area contributed by atoms with E-state index in [2.05, 4.69) is 26.1 Å². The summed E-state index contributed by atoms with van der Waals surface area (Å²) >= 11 is 0. The third kappa shape index (κ3) is 8.65. The summed E-state index contributed by atoms with van der Waals surface area (Å²) in [6.45, 7) is 10.1. The van der Waals surface area contributed by atoms with E-state index in [9.17, 15) is 0 Å². The Morgan fingerprint density at radius 1 is 1.16 bits per heavy atom. The summed E-state index contributed by atoms with van der Waals surface area (Å²) in [7, 11) is 0. The first-order valence-corrected chi connectivity index (χ1v) is 8.54. The molecule has 0 bridgehead atoms. The molecule has 1 aliphatic rings. The van der Waals surface area contributed by atoms with Crippen LogP contribution >= 0.6 is 0 Å². The molecule has 0 aromatic heterocycles. The Morgan fingerprint density at radius 3 is 2.74 bits per heavy atom. The van der Waals surface area contributed by atoms with E-state index in [1.165, 1.54) is 57.9 Å². The van der Waals surface area contributed by atoms with Crippen LogP contribution in [0.3, 0.4) is 0 Å². The minimum Gasteiger partial charge on any atom is -0.378 e. The van der Waals surface area contributed by atoms with Crippen molar-refractivity contribution < 1.29 is 4.74 Å². The Bertz CT molecular complexity index is 205. The molecule has 0 amide bonds. The second kappa shape index (κ2) is 10.7. The number of ether oxygens (including phenoxy) is 1. The van der Waals surface area contributed by atoms with Crippen LogP contribution in [-0.2, 0) is 4.74 Å². The maximum atomic E-state index is 6.04. The lowest BCUT2D eigenvalue weighted by Gasteiger charge is -2.28. The molecule has 0 aromatic carbocycles. The van der Waals surface area contributed by atoms with Gasteiger partial charge < -0.3 is 10.1 Å². The topological polar surface area (TPSA) is 21.3 Å². The third-order valence-corrected chi connectivity index (χ3v) is 4.22. The molecule has 2 nitrogen and oxygen atoms in total. The molecule has 2 atom stereocenters. The summed E-state index contributed by atoms with van der Waals surface area (Å²) < 4.78 is 6.04. The standard InChI is InChI=1S/C17H35NO/c1-4-16-9-8-10-17(13-16)19-12-7-5-6-11-18-14-15(2)3/h15-18H,4-14H2,1-3H3. The fourth-order valence-corrected chi connectivity index (χ4v) is 2.93. The van der Waals surface area contributed by atoms with Crippen molar-refractivity contribution in [3.63, 3.8) is 0 Å². The molecule has 0 spiro atoms. The van der Waals surface area contributed by atoms with Crippen molar-refractivity contribution in [1.29, 1.82) is 0 Å². The summed E-state index contributed by atoms with van der Waals surface area (Å²) in [5.41, 5.74) is 0. The van der Waals surface area contributed by atoms with Gasteiger partial charge in [-0.3, -0.25) is 0 Å². The largest absolute Gasteiger partial charge is 0.378 e. The van der Waals surface area contributed by atoms with Crippen molar-refractivity contribution >= 4 is 0 Å². The van der Waals surface area contributed by atoms with E-state index in [1.807, 2.05) is 0 Å². The first kappa shape index (κ1) is 17.0. The van der Waals surface area contributed by atoms with Crippen LogP contribution in [0.15, 0.2) is 0 Å². The van der Waals surface area contributed by atoms with Crippen molar-refractivity contribution in [2.45, 2.75) is 78.2 Å². The van der Waals surface area contributed by atoms with Gasteiger partial charge in [-0.2, -0.15) is 0 Å². The van der Waals surface area contributed by atoms with E-state index in [0.717, 1.165) is 25.0 Å². The molecule has 0 radical (unpaired) electrons. The van der Waals surface area contributed by atoms with E-state index in [1.54, 1.807) is 0 Å². The van der Waals surface area contributed by atoms with Gasteiger partial charge in [0.1, 0.15) is 0 Å². The van der Waals surface area contributed by atoms with Crippen molar-refractivity contribution in [3.05, 3.63) is 0 Å². The lowest BCUT2D eigenvalue weighted by molar-refractivity contribution is 0.0107. The van der Waals surface area contributed by atoms with Crippen LogP contribution in [0.4, 0.5) is 0 Å². The monoisotopic (exact) mass is 269 g/mol. The molecule has 1 aliphatic carbocycles. The predicted molar refractivity (Wildman–Crippen MR) is 83.5 cm³/mol. The van der Waals surface area contributed by atoms with Gasteiger partial charge in [0.15, 0.2) is 0 Å². The summed E-state index contributed by atoms with van der Waals surface area (Å²) in [5.74, 6) is 1.69. The highest BCUT2D eigenvalue weighted by Gasteiger charge is 2.20. The highest BCUT2D eigenvalue weighted by molar-refractivity contribution is 4.72. The molecule has 114 valence electrons. The maximum Gasteiger partial charge on any atom is 0.0577 e. The van der Waals surface area contributed by atoms with Gasteiger partial charge in [0.2, 0.25) is 0 Å². The molecule has 0 aliphatic heterocycles. The zero-order valence-corrected chi connectivity index (χ0v) is 13.4. The number of rotatable bonds is 10. The lowest BCUT2D eigenvalue weighted by atomic mass is 9.85. The Kier molecular flexibility index (Phi) is 9.54. The molecule has 2 heteroatoms. The normalized spacial score (nSPS) is 24.0. The Hall–Kier alpha value is -0.0800. The van der Waals surface area contributed by atoms with E-state index in [-0.39, 0.29) is 0 Å². The summed E-state index contributed by atoms with van der Waals surface area (Å²) in [5, 5.41) is 3.50. The Balaban J connectivity index is 1.87. The van der Waals surface area contributed by atoms with E-state index < -0.39 is 0 Å². The first-order chi connectivity index (χ1) is 9.22. The van der Waals surface area contributed by atoms with Crippen LogP contribution in [-0.4, -0.2) is 25.8 Å². The minimum atomic E-state index is 0.567. The van der Waals surface area contributed by atoms with Crippen molar-refractivity contribution in [1.82, 2.24) is 5.32 Å². The molecule has 1 rings (SSSR count). The van der Waals surface area contributed by atoms with Crippen LogP contribution in [0.2, 0.25) is 0 Å². The number of nitrogens with one attached hydrogen (secondary N) is 1. The average Bonchev–Trinajstić information content (AvgIpc) is 2.41. The number of hydrogen-bond donors (Lipinski definition) is 1. The van der Waals surface area contributed by atoms with Crippen LogP contribution in [0.25, 0.3) is 0 Å². The van der Waals surface area contributed by atoms with E-state index >= 15 is 0 Å². The van der Waals surface area contributed by atoms with Gasteiger partial charge in [0.05, 0.1) is 6.10 Å². The molecule has 1 saturated carbocycles. The fraction of sp³-hybridized carbons (Fsp3) is 1.00. The zero-order valence-electron chi connectivity index (χ0n) is 13.4. The van der Waals surface area contributed by atoms with Gasteiger partial charge in [-0.25, -0.2) is 0 Å². The molecule has 0 heterocycles. The molecule has 19 heavy (non-hydrogen) atoms. The first-order valence-electron chi connectivity index (χ1n) is 8.54. The lowest BCUT2D eigenvalue weighted by Crippen LogP contribution is -2.23. The van der Waals surface area contributed by atoms with Crippen molar-refractivity contribution in [2.24, 2.45) is 11.8 Å². The van der Waals surface area contributed by atoms with E-state index in [4.69, 9.17) is 4.74 Å². The fourth-order valence-electron chi connectivity index (χ4n) is 2.93. The average molecular weight is 269 g/mol. The number of unbranched alkanes of at least 4 members (excludes halogenated alkanes) is 2. The smallest absolute Gasteiger partial charge is 0.0577 e. The highest BCUT2D eigenvalue weighted by Crippen LogP contribution is 2.28. The predicted octanol–water partition coefficient (Wildman–Crippen LogP) is 4.39. The van der Waals surface area contributed by atoms with Crippen LogP contribution in [0.1, 0.15) is 72.1 Å². The van der Waals surface area contributed by atoms with Crippen LogP contribution in [0, 0.1) is 11.8 Å². The second-order valence-corrected chi connectivity index (χ2v) is 6.59. The SMILES string of the molecule is CCC1CCCC(OCCCCCNCC(C)C)C1. The Morgan fingerprint density at radius 2 is 2.00 bits per heavy atom. The zero-order chi connectivity index (χ0) is 13.9. The Labute approximate surface area is 120 Å². The highest BCUT2D eigenvalue weighted by atomic mass is 16.5. The van der Waals surface area contributed by atoms with Gasteiger partial charge in [-0.15, -0.1) is 0 Å². The number of hydrogen-bond acceptors (Lipinski definition) is 2. The summed E-state index contributed by atoms with van der Waals surface area (Å²) in [6.07, 6.45) is 11.1. The van der Waals surface area contributed by atoms with Crippen LogP contribution < -0.4 is 5.32 Å². The van der Waals surface area contributed by atoms with Gasteiger partial charge in [-0.1, -0.05) is 40.0 Å². The summed E-state index contributed by atoms with van der Waals surface area (Å²) in [6, 6.07) is 0. The minimum absolute atomic E-state index is 0.567. The van der Waals surface area contributed by atoms with Gasteiger partial charge >= 0.3 is 0 Å². The van der Waals surface area contributed by atoms with Crippen molar-refractivity contribution in [3.8, 4) is 0 Å². The molecule has 0 saturated heterocycles. The molecule has 1 fully saturated rings. The quantitative estimate of drug-likeness (QED) is 0.594. The molecule has 1 N–H and O–H groups in total. The van der Waals surface area contributed by atoms with Crippen molar-refractivity contribution in [2.75, 3.05) is 19.7 Å². The molecule has 2 unspecified atom stereocenters. The third-order valence-electron chi connectivity index (χ3n) is 4.22. The van der Waals surface area contributed by atoms with E-state index in [0.29, 0.717) is 6.10 Å². The second-order valence-electron chi connectivity index (χ2n) is 6.59. The van der Waals surface area contributed by atoms with Crippen LogP contribution in [0.5, 0.6) is 0 Å². The molecule has 0 aromatic rings. The maximum absolute atomic E-state index is 6.04. The van der Waals surface area contributed by atoms with Gasteiger partial charge in [-0.05, 0) is 57.0 Å². The molecular formula is C17H35NO.